The van der Waals surface area contributed by atoms with E-state index in [0.717, 1.165) is 0 Å². The lowest BCUT2D eigenvalue weighted by molar-refractivity contribution is 0.0999. The van der Waals surface area contributed by atoms with E-state index in [1.807, 2.05) is 0 Å². The molecule has 0 saturated carbocycles. The Kier molecular flexibility index (Phi) is 2.23. The second kappa shape index (κ2) is 3.17. The number of ether oxygens (including phenoxy) is 1. The Morgan fingerprint density at radius 1 is 1.67 bits per heavy atom. The summed E-state index contributed by atoms with van der Waals surface area (Å²) in [4.78, 5) is 18.3. The summed E-state index contributed by atoms with van der Waals surface area (Å²) < 4.78 is 4.76. The number of hydrogen-bond acceptors (Lipinski definition) is 4. The first-order valence-corrected chi connectivity index (χ1v) is 3.32. The summed E-state index contributed by atoms with van der Waals surface area (Å²) in [5.74, 6) is -0.532. The molecule has 1 aromatic rings. The molecule has 0 saturated heterocycles. The lowest BCUT2D eigenvalue weighted by atomic mass is 10.2. The van der Waals surface area contributed by atoms with Gasteiger partial charge in [-0.1, -0.05) is 0 Å². The lowest BCUT2D eigenvalue weighted by Gasteiger charge is -2.01. The molecule has 0 atom stereocenters. The smallest absolute Gasteiger partial charge is 0.316 e. The van der Waals surface area contributed by atoms with Gasteiger partial charge in [0, 0.05) is 6.20 Å². The number of rotatable bonds is 2. The SMILES string of the molecule is COc1ncc(C(N)=O)c(C)n1. The van der Waals surface area contributed by atoms with Crippen LogP contribution in [0.15, 0.2) is 6.20 Å². The van der Waals surface area contributed by atoms with Crippen molar-refractivity contribution >= 4 is 5.91 Å². The molecule has 0 aromatic carbocycles. The summed E-state index contributed by atoms with van der Waals surface area (Å²) in [7, 11) is 1.46. The van der Waals surface area contributed by atoms with E-state index in [1.54, 1.807) is 6.92 Å². The molecule has 0 bridgehead atoms. The van der Waals surface area contributed by atoms with Crippen LogP contribution in [0.4, 0.5) is 0 Å². The number of nitrogens with two attached hydrogens (primary N) is 1. The molecule has 1 amide bonds. The molecule has 64 valence electrons. The van der Waals surface area contributed by atoms with Crippen molar-refractivity contribution in [1.82, 2.24) is 9.97 Å². The highest BCUT2D eigenvalue weighted by Gasteiger charge is 2.07. The molecule has 1 heterocycles. The number of methoxy groups -OCH3 is 1. The van der Waals surface area contributed by atoms with E-state index in [9.17, 15) is 4.79 Å². The van der Waals surface area contributed by atoms with Gasteiger partial charge in [0.05, 0.1) is 18.4 Å². The Bertz CT molecular complexity index is 312. The zero-order valence-corrected chi connectivity index (χ0v) is 6.87. The number of hydrogen-bond donors (Lipinski definition) is 1. The number of carbonyl (C=O) groups is 1. The standard InChI is InChI=1S/C7H9N3O2/c1-4-5(6(8)11)3-9-7(10-4)12-2/h3H,1-2H3,(H2,8,11). The first-order valence-electron chi connectivity index (χ1n) is 3.32. The highest BCUT2D eigenvalue weighted by atomic mass is 16.5. The van der Waals surface area contributed by atoms with Gasteiger partial charge >= 0.3 is 6.01 Å². The number of carbonyl (C=O) groups excluding carboxylic acids is 1. The third kappa shape index (κ3) is 1.50. The van der Waals surface area contributed by atoms with Gasteiger partial charge in [-0.05, 0) is 6.92 Å². The fourth-order valence-corrected chi connectivity index (χ4v) is 0.786. The summed E-state index contributed by atoms with van der Waals surface area (Å²) >= 11 is 0. The van der Waals surface area contributed by atoms with E-state index in [2.05, 4.69) is 9.97 Å². The predicted molar refractivity (Wildman–Crippen MR) is 41.8 cm³/mol. The largest absolute Gasteiger partial charge is 0.467 e. The van der Waals surface area contributed by atoms with Crippen LogP contribution >= 0.6 is 0 Å². The zero-order chi connectivity index (χ0) is 9.14. The molecule has 12 heavy (non-hydrogen) atoms. The van der Waals surface area contributed by atoms with Crippen LogP contribution in [-0.2, 0) is 0 Å². The number of primary amides is 1. The molecular weight excluding hydrogens is 158 g/mol. The molecule has 1 rings (SSSR count). The van der Waals surface area contributed by atoms with Gasteiger partial charge in [-0.25, -0.2) is 4.98 Å². The maximum atomic E-state index is 10.7. The van der Waals surface area contributed by atoms with Gasteiger partial charge < -0.3 is 10.5 Å². The van der Waals surface area contributed by atoms with Crippen molar-refractivity contribution in [2.45, 2.75) is 6.92 Å². The fraction of sp³-hybridized carbons (Fsp3) is 0.286. The zero-order valence-electron chi connectivity index (χ0n) is 6.87. The second-order valence-electron chi connectivity index (χ2n) is 2.22. The van der Waals surface area contributed by atoms with Crippen molar-refractivity contribution in [2.75, 3.05) is 7.11 Å². The van der Waals surface area contributed by atoms with Crippen LogP contribution in [-0.4, -0.2) is 23.0 Å². The van der Waals surface area contributed by atoms with Gasteiger partial charge in [0.1, 0.15) is 0 Å². The van der Waals surface area contributed by atoms with Gasteiger partial charge in [0.25, 0.3) is 5.91 Å². The van der Waals surface area contributed by atoms with E-state index >= 15 is 0 Å². The number of nitrogens with zero attached hydrogens (tertiary/aromatic N) is 2. The molecule has 0 aliphatic carbocycles. The van der Waals surface area contributed by atoms with Crippen LogP contribution in [0.25, 0.3) is 0 Å². The Morgan fingerprint density at radius 3 is 2.75 bits per heavy atom. The molecule has 0 radical (unpaired) electrons. The number of amides is 1. The number of aryl methyl sites for hydroxylation is 1. The van der Waals surface area contributed by atoms with Gasteiger partial charge in [-0.2, -0.15) is 4.98 Å². The minimum Gasteiger partial charge on any atom is -0.467 e. The summed E-state index contributed by atoms with van der Waals surface area (Å²) in [6, 6.07) is 0.234. The molecule has 0 spiro atoms. The topological polar surface area (TPSA) is 78.1 Å². The van der Waals surface area contributed by atoms with Gasteiger partial charge in [0.15, 0.2) is 0 Å². The second-order valence-corrected chi connectivity index (χ2v) is 2.22. The van der Waals surface area contributed by atoms with Crippen LogP contribution in [0.5, 0.6) is 6.01 Å². The first-order chi connectivity index (χ1) is 5.65. The molecule has 0 aliphatic heterocycles. The fourth-order valence-electron chi connectivity index (χ4n) is 0.786. The minimum absolute atomic E-state index is 0.234. The molecule has 0 aliphatic rings. The minimum atomic E-state index is -0.532. The molecule has 0 fully saturated rings. The molecule has 5 heteroatoms. The Labute approximate surface area is 69.6 Å². The molecule has 2 N–H and O–H groups in total. The quantitative estimate of drug-likeness (QED) is 0.666. The predicted octanol–water partition coefficient (Wildman–Crippen LogP) is -0.107. The van der Waals surface area contributed by atoms with Crippen molar-refractivity contribution in [1.29, 1.82) is 0 Å². The molecule has 1 aromatic heterocycles. The van der Waals surface area contributed by atoms with Crippen molar-refractivity contribution in [2.24, 2.45) is 5.73 Å². The lowest BCUT2D eigenvalue weighted by Crippen LogP contribution is -2.14. The normalized spacial score (nSPS) is 9.50. The maximum absolute atomic E-state index is 10.7. The van der Waals surface area contributed by atoms with E-state index in [0.29, 0.717) is 11.3 Å². The Balaban J connectivity index is 3.12. The molecular formula is C7H9N3O2. The highest BCUT2D eigenvalue weighted by Crippen LogP contribution is 2.06. The van der Waals surface area contributed by atoms with E-state index in [1.165, 1.54) is 13.3 Å². The van der Waals surface area contributed by atoms with Crippen molar-refractivity contribution in [3.8, 4) is 6.01 Å². The van der Waals surface area contributed by atoms with Gasteiger partial charge in [0.2, 0.25) is 0 Å². The highest BCUT2D eigenvalue weighted by molar-refractivity contribution is 5.93. The molecule has 5 nitrogen and oxygen atoms in total. The average Bonchev–Trinajstić information content (AvgIpc) is 2.03. The van der Waals surface area contributed by atoms with Crippen LogP contribution < -0.4 is 10.5 Å². The van der Waals surface area contributed by atoms with Crippen LogP contribution in [0.3, 0.4) is 0 Å². The van der Waals surface area contributed by atoms with Crippen LogP contribution in [0.1, 0.15) is 16.1 Å². The van der Waals surface area contributed by atoms with Crippen LogP contribution in [0, 0.1) is 6.92 Å². The average molecular weight is 167 g/mol. The van der Waals surface area contributed by atoms with E-state index in [-0.39, 0.29) is 6.01 Å². The van der Waals surface area contributed by atoms with Crippen molar-refractivity contribution < 1.29 is 9.53 Å². The van der Waals surface area contributed by atoms with E-state index in [4.69, 9.17) is 10.5 Å². The Hall–Kier alpha value is -1.65. The van der Waals surface area contributed by atoms with Gasteiger partial charge in [-0.15, -0.1) is 0 Å². The van der Waals surface area contributed by atoms with Gasteiger partial charge in [-0.3, -0.25) is 4.79 Å². The first kappa shape index (κ1) is 8.45. The van der Waals surface area contributed by atoms with Crippen LogP contribution in [0.2, 0.25) is 0 Å². The monoisotopic (exact) mass is 167 g/mol. The maximum Gasteiger partial charge on any atom is 0.316 e. The number of aromatic nitrogens is 2. The summed E-state index contributed by atoms with van der Waals surface area (Å²) in [5, 5.41) is 0. The summed E-state index contributed by atoms with van der Waals surface area (Å²) in [5.41, 5.74) is 5.88. The summed E-state index contributed by atoms with van der Waals surface area (Å²) in [6.07, 6.45) is 1.35. The van der Waals surface area contributed by atoms with E-state index < -0.39 is 5.91 Å². The summed E-state index contributed by atoms with van der Waals surface area (Å²) in [6.45, 7) is 1.67. The third-order valence-corrected chi connectivity index (χ3v) is 1.41. The van der Waals surface area contributed by atoms with Crippen molar-refractivity contribution in [3.63, 3.8) is 0 Å². The molecule has 0 unspecified atom stereocenters. The third-order valence-electron chi connectivity index (χ3n) is 1.41. The van der Waals surface area contributed by atoms with Crippen molar-refractivity contribution in [3.05, 3.63) is 17.5 Å². The Morgan fingerprint density at radius 2 is 2.33 bits per heavy atom.